The fraction of sp³-hybridized carbons (Fsp3) is 0.333. The van der Waals surface area contributed by atoms with Crippen molar-refractivity contribution in [3.05, 3.63) is 60.2 Å². The zero-order valence-corrected chi connectivity index (χ0v) is 15.4. The molecule has 3 rings (SSSR count). The summed E-state index contributed by atoms with van der Waals surface area (Å²) in [6, 6.07) is 19.1. The van der Waals surface area contributed by atoms with Crippen molar-refractivity contribution in [2.75, 3.05) is 51.2 Å². The van der Waals surface area contributed by atoms with Crippen LogP contribution in [0.4, 0.5) is 5.69 Å². The summed E-state index contributed by atoms with van der Waals surface area (Å²) in [4.78, 5) is 15.1. The topological polar surface area (TPSA) is 71.0 Å². The minimum absolute atomic E-state index is 0.0384. The first-order valence-corrected chi connectivity index (χ1v) is 9.38. The number of quaternary nitrogens is 2. The van der Waals surface area contributed by atoms with Crippen molar-refractivity contribution in [3.63, 3.8) is 0 Å². The number of para-hydroxylation sites is 2. The molecule has 6 nitrogen and oxygen atoms in total. The van der Waals surface area contributed by atoms with Gasteiger partial charge in [-0.1, -0.05) is 30.3 Å². The van der Waals surface area contributed by atoms with Gasteiger partial charge in [-0.3, -0.25) is 4.79 Å². The molecule has 2 aromatic carbocycles. The second kappa shape index (κ2) is 9.72. The predicted octanol–water partition coefficient (Wildman–Crippen LogP) is -0.641. The lowest BCUT2D eigenvalue weighted by Gasteiger charge is -2.29. The maximum absolute atomic E-state index is 12.3. The van der Waals surface area contributed by atoms with Crippen LogP contribution in [0.2, 0.25) is 0 Å². The zero-order chi connectivity index (χ0) is 18.9. The van der Waals surface area contributed by atoms with Gasteiger partial charge in [-0.15, -0.1) is 0 Å². The molecule has 1 amide bonds. The summed E-state index contributed by atoms with van der Waals surface area (Å²) in [6.07, 6.45) is 0. The predicted molar refractivity (Wildman–Crippen MR) is 103 cm³/mol. The van der Waals surface area contributed by atoms with E-state index in [2.05, 4.69) is 11.4 Å². The number of hydrogen-bond acceptors (Lipinski definition) is 3. The lowest BCUT2D eigenvalue weighted by Crippen LogP contribution is -3.28. The first-order chi connectivity index (χ1) is 13.2. The SMILES string of the molecule is N#Cc1ccccc1NC(=O)C[NH+]1CC[NH+](CCOc2ccccc2)CC1. The van der Waals surface area contributed by atoms with Crippen LogP contribution in [0, 0.1) is 11.3 Å². The molecule has 0 radical (unpaired) electrons. The van der Waals surface area contributed by atoms with Gasteiger partial charge in [0.1, 0.15) is 51.1 Å². The van der Waals surface area contributed by atoms with Crippen molar-refractivity contribution in [2.45, 2.75) is 0 Å². The standard InChI is InChI=1S/C21H24N4O2/c22-16-18-6-4-5-9-20(18)23-21(26)17-25-12-10-24(11-13-25)14-15-27-19-7-2-1-3-8-19/h1-9H,10-15,17H2,(H,23,26)/p+2. The number of hydrogen-bond donors (Lipinski definition) is 3. The van der Waals surface area contributed by atoms with Crippen molar-refractivity contribution >= 4 is 11.6 Å². The molecule has 0 aromatic heterocycles. The zero-order valence-electron chi connectivity index (χ0n) is 15.4. The number of nitriles is 1. The third-order valence-corrected chi connectivity index (χ3v) is 4.86. The van der Waals surface area contributed by atoms with Crippen LogP contribution < -0.4 is 19.9 Å². The Morgan fingerprint density at radius 2 is 1.67 bits per heavy atom. The van der Waals surface area contributed by atoms with E-state index in [-0.39, 0.29) is 5.91 Å². The van der Waals surface area contributed by atoms with Gasteiger partial charge in [0.15, 0.2) is 6.54 Å². The van der Waals surface area contributed by atoms with E-state index in [1.165, 1.54) is 9.80 Å². The van der Waals surface area contributed by atoms with E-state index in [4.69, 9.17) is 10.00 Å². The smallest absolute Gasteiger partial charge is 0.279 e. The minimum atomic E-state index is -0.0384. The van der Waals surface area contributed by atoms with E-state index in [0.717, 1.165) is 38.5 Å². The average Bonchev–Trinajstić information content (AvgIpc) is 2.70. The van der Waals surface area contributed by atoms with Gasteiger partial charge in [0.25, 0.3) is 5.91 Å². The Labute approximate surface area is 160 Å². The van der Waals surface area contributed by atoms with Gasteiger partial charge in [-0.2, -0.15) is 5.26 Å². The number of benzene rings is 2. The van der Waals surface area contributed by atoms with Gasteiger partial charge in [-0.25, -0.2) is 0 Å². The molecule has 2 aromatic rings. The van der Waals surface area contributed by atoms with Crippen LogP contribution in [0.5, 0.6) is 5.75 Å². The van der Waals surface area contributed by atoms with Gasteiger partial charge in [0.2, 0.25) is 0 Å². The molecular weight excluding hydrogens is 340 g/mol. The fourth-order valence-corrected chi connectivity index (χ4v) is 3.32. The van der Waals surface area contributed by atoms with Crippen molar-refractivity contribution < 1.29 is 19.3 Å². The molecule has 0 spiro atoms. The molecule has 0 saturated carbocycles. The van der Waals surface area contributed by atoms with Crippen molar-refractivity contribution in [2.24, 2.45) is 0 Å². The highest BCUT2D eigenvalue weighted by Gasteiger charge is 2.24. The van der Waals surface area contributed by atoms with Crippen LogP contribution >= 0.6 is 0 Å². The number of carbonyl (C=O) groups is 1. The molecule has 0 unspecified atom stereocenters. The second-order valence-corrected chi connectivity index (χ2v) is 6.79. The van der Waals surface area contributed by atoms with Gasteiger partial charge < -0.3 is 19.9 Å². The Kier molecular flexibility index (Phi) is 6.80. The molecule has 1 fully saturated rings. The summed E-state index contributed by atoms with van der Waals surface area (Å²) < 4.78 is 5.77. The van der Waals surface area contributed by atoms with Gasteiger partial charge in [0, 0.05) is 0 Å². The Hall–Kier alpha value is -2.88. The van der Waals surface area contributed by atoms with Crippen LogP contribution in [0.3, 0.4) is 0 Å². The van der Waals surface area contributed by atoms with Crippen molar-refractivity contribution in [3.8, 4) is 11.8 Å². The highest BCUT2D eigenvalue weighted by molar-refractivity contribution is 5.92. The summed E-state index contributed by atoms with van der Waals surface area (Å²) in [5.74, 6) is 0.874. The number of rotatable bonds is 7. The molecule has 1 heterocycles. The quantitative estimate of drug-likeness (QED) is 0.611. The highest BCUT2D eigenvalue weighted by Crippen LogP contribution is 2.12. The lowest BCUT2D eigenvalue weighted by atomic mass is 10.2. The van der Waals surface area contributed by atoms with Crippen molar-refractivity contribution in [1.82, 2.24) is 0 Å². The Morgan fingerprint density at radius 3 is 2.41 bits per heavy atom. The maximum atomic E-state index is 12.3. The summed E-state index contributed by atoms with van der Waals surface area (Å²) in [5, 5.41) is 12.0. The molecule has 1 aliphatic heterocycles. The molecule has 0 atom stereocenters. The van der Waals surface area contributed by atoms with Crippen LogP contribution in [-0.4, -0.2) is 51.8 Å². The summed E-state index contributed by atoms with van der Waals surface area (Å²) in [7, 11) is 0. The summed E-state index contributed by atoms with van der Waals surface area (Å²) in [5.41, 5.74) is 1.08. The van der Waals surface area contributed by atoms with E-state index < -0.39 is 0 Å². The van der Waals surface area contributed by atoms with Gasteiger partial charge >= 0.3 is 0 Å². The molecule has 3 N–H and O–H groups in total. The second-order valence-electron chi connectivity index (χ2n) is 6.79. The third kappa shape index (κ3) is 5.81. The number of nitrogens with zero attached hydrogens (tertiary/aromatic N) is 1. The number of ether oxygens (including phenoxy) is 1. The number of carbonyl (C=O) groups excluding carboxylic acids is 1. The fourth-order valence-electron chi connectivity index (χ4n) is 3.32. The van der Waals surface area contributed by atoms with Crippen LogP contribution in [-0.2, 0) is 4.79 Å². The van der Waals surface area contributed by atoms with E-state index in [0.29, 0.717) is 24.4 Å². The normalized spacial score (nSPS) is 19.1. The maximum Gasteiger partial charge on any atom is 0.279 e. The van der Waals surface area contributed by atoms with Gasteiger partial charge in [-0.05, 0) is 24.3 Å². The number of piperazine rings is 1. The average molecular weight is 366 g/mol. The van der Waals surface area contributed by atoms with Crippen LogP contribution in [0.15, 0.2) is 54.6 Å². The molecule has 6 heteroatoms. The summed E-state index contributed by atoms with van der Waals surface area (Å²) >= 11 is 0. The number of anilines is 1. The van der Waals surface area contributed by atoms with Crippen LogP contribution in [0.1, 0.15) is 5.56 Å². The minimum Gasteiger partial charge on any atom is -0.488 e. The third-order valence-electron chi connectivity index (χ3n) is 4.86. The molecule has 0 bridgehead atoms. The number of amides is 1. The lowest BCUT2D eigenvalue weighted by molar-refractivity contribution is -1.01. The molecule has 1 aliphatic rings. The molecule has 140 valence electrons. The molecular formula is C21H26N4O2+2. The first kappa shape index (κ1) is 18.9. The number of nitrogens with one attached hydrogen (secondary N) is 3. The van der Waals surface area contributed by atoms with Crippen LogP contribution in [0.25, 0.3) is 0 Å². The van der Waals surface area contributed by atoms with E-state index in [1.807, 2.05) is 36.4 Å². The Balaban J connectivity index is 1.36. The molecule has 27 heavy (non-hydrogen) atoms. The monoisotopic (exact) mass is 366 g/mol. The highest BCUT2D eigenvalue weighted by atomic mass is 16.5. The van der Waals surface area contributed by atoms with Gasteiger partial charge in [0.05, 0.1) is 11.3 Å². The van der Waals surface area contributed by atoms with E-state index in [1.54, 1.807) is 18.2 Å². The van der Waals surface area contributed by atoms with E-state index >= 15 is 0 Å². The summed E-state index contributed by atoms with van der Waals surface area (Å²) in [6.45, 7) is 6.13. The van der Waals surface area contributed by atoms with Crippen molar-refractivity contribution in [1.29, 1.82) is 5.26 Å². The Morgan fingerprint density at radius 1 is 1.00 bits per heavy atom. The largest absolute Gasteiger partial charge is 0.488 e. The Bertz CT molecular complexity index is 780. The first-order valence-electron chi connectivity index (χ1n) is 9.38. The molecule has 1 saturated heterocycles. The van der Waals surface area contributed by atoms with E-state index in [9.17, 15) is 4.79 Å². The molecule has 0 aliphatic carbocycles.